The summed E-state index contributed by atoms with van der Waals surface area (Å²) in [4.78, 5) is 20.0. The van der Waals surface area contributed by atoms with Gasteiger partial charge in [-0.1, -0.05) is 12.1 Å². The summed E-state index contributed by atoms with van der Waals surface area (Å²) in [6, 6.07) is 14.5. The van der Waals surface area contributed by atoms with Crippen molar-refractivity contribution in [3.63, 3.8) is 0 Å². The Balaban J connectivity index is 1.80. The first-order valence-electron chi connectivity index (χ1n) is 8.28. The quantitative estimate of drug-likeness (QED) is 0.608. The van der Waals surface area contributed by atoms with Gasteiger partial charge in [0.1, 0.15) is 29.5 Å². The number of anilines is 4. The van der Waals surface area contributed by atoms with E-state index in [1.54, 1.807) is 38.5 Å². The molecule has 2 N–H and O–H groups in total. The Morgan fingerprint density at radius 3 is 2.41 bits per heavy atom. The minimum Gasteiger partial charge on any atom is -0.497 e. The smallest absolute Gasteiger partial charge is 0.159 e. The molecule has 7 nitrogen and oxygen atoms in total. The molecule has 7 heteroatoms. The maximum atomic E-state index is 11.5. The average molecular weight is 364 g/mol. The molecule has 1 aromatic heterocycles. The van der Waals surface area contributed by atoms with Crippen molar-refractivity contribution in [1.82, 2.24) is 9.97 Å². The Morgan fingerprint density at radius 2 is 1.70 bits per heavy atom. The van der Waals surface area contributed by atoms with Gasteiger partial charge in [0.05, 0.1) is 19.9 Å². The maximum Gasteiger partial charge on any atom is 0.159 e. The fraction of sp³-hybridized carbons (Fsp3) is 0.150. The van der Waals surface area contributed by atoms with Gasteiger partial charge in [0.2, 0.25) is 0 Å². The van der Waals surface area contributed by atoms with E-state index in [0.29, 0.717) is 28.7 Å². The second-order valence-corrected chi connectivity index (χ2v) is 5.74. The summed E-state index contributed by atoms with van der Waals surface area (Å²) in [7, 11) is 3.19. The molecule has 3 aromatic rings. The van der Waals surface area contributed by atoms with Gasteiger partial charge in [-0.15, -0.1) is 0 Å². The zero-order valence-corrected chi connectivity index (χ0v) is 15.3. The molecular weight excluding hydrogens is 344 g/mol. The molecule has 0 fully saturated rings. The zero-order chi connectivity index (χ0) is 19.2. The first-order chi connectivity index (χ1) is 13.1. The van der Waals surface area contributed by atoms with Crippen molar-refractivity contribution < 1.29 is 14.3 Å². The Kier molecular flexibility index (Phi) is 5.51. The van der Waals surface area contributed by atoms with E-state index in [9.17, 15) is 4.79 Å². The van der Waals surface area contributed by atoms with Crippen LogP contribution in [0.4, 0.5) is 23.0 Å². The second-order valence-electron chi connectivity index (χ2n) is 5.74. The van der Waals surface area contributed by atoms with Crippen LogP contribution in [0.1, 0.15) is 17.3 Å². The SMILES string of the molecule is COc1ccc(Nc2cc(Nc3cccc(C(C)=O)c3)ncn2)c(OC)c1. The third-order valence-corrected chi connectivity index (χ3v) is 3.88. The fourth-order valence-corrected chi connectivity index (χ4v) is 2.50. The summed E-state index contributed by atoms with van der Waals surface area (Å²) >= 11 is 0. The molecule has 0 bridgehead atoms. The van der Waals surface area contributed by atoms with E-state index in [1.807, 2.05) is 24.3 Å². The Hall–Kier alpha value is -3.61. The number of carbonyl (C=O) groups excluding carboxylic acids is 1. The van der Waals surface area contributed by atoms with Crippen LogP contribution in [0, 0.1) is 0 Å². The maximum absolute atomic E-state index is 11.5. The molecule has 0 saturated heterocycles. The molecule has 0 aliphatic rings. The lowest BCUT2D eigenvalue weighted by atomic mass is 10.1. The minimum atomic E-state index is 0.00953. The van der Waals surface area contributed by atoms with E-state index in [4.69, 9.17) is 9.47 Å². The van der Waals surface area contributed by atoms with Gasteiger partial charge in [0.15, 0.2) is 5.78 Å². The van der Waals surface area contributed by atoms with Gasteiger partial charge < -0.3 is 20.1 Å². The summed E-state index contributed by atoms with van der Waals surface area (Å²) in [5.74, 6) is 2.54. The monoisotopic (exact) mass is 364 g/mol. The molecule has 0 unspecified atom stereocenters. The number of hydrogen-bond donors (Lipinski definition) is 2. The van der Waals surface area contributed by atoms with Crippen LogP contribution in [0.5, 0.6) is 11.5 Å². The van der Waals surface area contributed by atoms with Crippen LogP contribution in [0.2, 0.25) is 0 Å². The Bertz CT molecular complexity index is 959. The van der Waals surface area contributed by atoms with E-state index in [-0.39, 0.29) is 5.78 Å². The number of rotatable bonds is 7. The minimum absolute atomic E-state index is 0.00953. The van der Waals surface area contributed by atoms with Crippen molar-refractivity contribution >= 4 is 28.8 Å². The summed E-state index contributed by atoms with van der Waals surface area (Å²) < 4.78 is 10.6. The number of Topliss-reactive ketones (excluding diaryl/α,β-unsaturated/α-hetero) is 1. The van der Waals surface area contributed by atoms with Crippen LogP contribution in [-0.2, 0) is 0 Å². The molecule has 0 saturated carbocycles. The molecule has 0 aliphatic heterocycles. The summed E-state index contributed by atoms with van der Waals surface area (Å²) in [5, 5.41) is 6.38. The number of methoxy groups -OCH3 is 2. The van der Waals surface area contributed by atoms with E-state index in [0.717, 1.165) is 11.4 Å². The standard InChI is InChI=1S/C20H20N4O3/c1-13(25)14-5-4-6-15(9-14)23-19-11-20(22-12-21-19)24-17-8-7-16(26-2)10-18(17)27-3/h4-12H,1-3H3,(H2,21,22,23,24). The lowest BCUT2D eigenvalue weighted by Gasteiger charge is -2.13. The highest BCUT2D eigenvalue weighted by molar-refractivity contribution is 5.95. The van der Waals surface area contributed by atoms with E-state index in [1.165, 1.54) is 13.3 Å². The number of nitrogens with one attached hydrogen (secondary N) is 2. The Morgan fingerprint density at radius 1 is 0.926 bits per heavy atom. The average Bonchev–Trinajstić information content (AvgIpc) is 2.68. The molecule has 27 heavy (non-hydrogen) atoms. The molecule has 0 amide bonds. The molecular formula is C20H20N4O3. The van der Waals surface area contributed by atoms with Crippen LogP contribution in [0.25, 0.3) is 0 Å². The number of nitrogens with zero attached hydrogens (tertiary/aromatic N) is 2. The first kappa shape index (κ1) is 18.2. The van der Waals surface area contributed by atoms with Crippen LogP contribution in [-0.4, -0.2) is 30.0 Å². The number of ketones is 1. The van der Waals surface area contributed by atoms with Crippen molar-refractivity contribution in [2.24, 2.45) is 0 Å². The molecule has 0 aliphatic carbocycles. The van der Waals surface area contributed by atoms with Gasteiger partial charge in [-0.05, 0) is 31.2 Å². The molecule has 138 valence electrons. The number of carbonyl (C=O) groups is 1. The molecule has 0 atom stereocenters. The summed E-state index contributed by atoms with van der Waals surface area (Å²) in [6.45, 7) is 1.54. The molecule has 0 spiro atoms. The van der Waals surface area contributed by atoms with E-state index < -0.39 is 0 Å². The van der Waals surface area contributed by atoms with Crippen LogP contribution in [0.15, 0.2) is 54.9 Å². The van der Waals surface area contributed by atoms with Crippen molar-refractivity contribution in [2.75, 3.05) is 24.9 Å². The highest BCUT2D eigenvalue weighted by atomic mass is 16.5. The number of ether oxygens (including phenoxy) is 2. The summed E-state index contributed by atoms with van der Waals surface area (Å²) in [6.07, 6.45) is 1.45. The van der Waals surface area contributed by atoms with Gasteiger partial charge in [0, 0.05) is 23.4 Å². The largest absolute Gasteiger partial charge is 0.497 e. The third kappa shape index (κ3) is 4.52. The van der Waals surface area contributed by atoms with E-state index >= 15 is 0 Å². The highest BCUT2D eigenvalue weighted by Gasteiger charge is 2.07. The number of hydrogen-bond acceptors (Lipinski definition) is 7. The normalized spacial score (nSPS) is 10.2. The predicted octanol–water partition coefficient (Wildman–Crippen LogP) is 4.18. The van der Waals surface area contributed by atoms with Gasteiger partial charge in [-0.2, -0.15) is 0 Å². The van der Waals surface area contributed by atoms with Crippen LogP contribution >= 0.6 is 0 Å². The van der Waals surface area contributed by atoms with Crippen molar-refractivity contribution in [1.29, 1.82) is 0 Å². The predicted molar refractivity (Wildman–Crippen MR) is 105 cm³/mol. The third-order valence-electron chi connectivity index (χ3n) is 3.88. The highest BCUT2D eigenvalue weighted by Crippen LogP contribution is 2.31. The summed E-state index contributed by atoms with van der Waals surface area (Å²) in [5.41, 5.74) is 2.16. The molecule has 3 rings (SSSR count). The lowest BCUT2D eigenvalue weighted by Crippen LogP contribution is -2.01. The number of aromatic nitrogens is 2. The molecule has 0 radical (unpaired) electrons. The van der Waals surface area contributed by atoms with Crippen LogP contribution < -0.4 is 20.1 Å². The Labute approximate surface area is 157 Å². The van der Waals surface area contributed by atoms with Crippen molar-refractivity contribution in [3.8, 4) is 11.5 Å². The first-order valence-corrected chi connectivity index (χ1v) is 8.28. The van der Waals surface area contributed by atoms with Gasteiger partial charge in [0.25, 0.3) is 0 Å². The molecule has 2 aromatic carbocycles. The fourth-order valence-electron chi connectivity index (χ4n) is 2.50. The van der Waals surface area contributed by atoms with Gasteiger partial charge in [-0.3, -0.25) is 4.79 Å². The van der Waals surface area contributed by atoms with Crippen LogP contribution in [0.3, 0.4) is 0 Å². The van der Waals surface area contributed by atoms with Gasteiger partial charge >= 0.3 is 0 Å². The lowest BCUT2D eigenvalue weighted by molar-refractivity contribution is 0.101. The number of benzene rings is 2. The molecule has 1 heterocycles. The van der Waals surface area contributed by atoms with Crippen molar-refractivity contribution in [3.05, 3.63) is 60.4 Å². The zero-order valence-electron chi connectivity index (χ0n) is 15.3. The van der Waals surface area contributed by atoms with Crippen molar-refractivity contribution in [2.45, 2.75) is 6.92 Å². The van der Waals surface area contributed by atoms with Gasteiger partial charge in [-0.25, -0.2) is 9.97 Å². The topological polar surface area (TPSA) is 85.4 Å². The van der Waals surface area contributed by atoms with E-state index in [2.05, 4.69) is 20.6 Å². The second kappa shape index (κ2) is 8.18.